The standard InChI is InChI=1S/C22H23N5OS/c1-16(22(28)25-18-7-3-2-6-17(18)14-23)27-12-10-26(11-13-27)15-21-24-19-8-4-5-9-20(19)29-21/h2-9,16H,10-13,15H2,1H3,(H,25,28)/t16-/m0/s1. The zero-order valence-electron chi connectivity index (χ0n) is 16.3. The molecule has 0 saturated carbocycles. The smallest absolute Gasteiger partial charge is 0.241 e. The average molecular weight is 406 g/mol. The number of carbonyl (C=O) groups is 1. The highest BCUT2D eigenvalue weighted by Gasteiger charge is 2.26. The van der Waals surface area contributed by atoms with Gasteiger partial charge in [0.2, 0.25) is 5.91 Å². The van der Waals surface area contributed by atoms with E-state index in [1.54, 1.807) is 29.5 Å². The third-order valence-corrected chi connectivity index (χ3v) is 6.36. The predicted molar refractivity (Wildman–Crippen MR) is 116 cm³/mol. The fourth-order valence-corrected chi connectivity index (χ4v) is 4.59. The molecule has 1 amide bonds. The van der Waals surface area contributed by atoms with Gasteiger partial charge in [0.15, 0.2) is 0 Å². The molecule has 4 rings (SSSR count). The Morgan fingerprint density at radius 1 is 1.17 bits per heavy atom. The van der Waals surface area contributed by atoms with Crippen molar-refractivity contribution < 1.29 is 4.79 Å². The van der Waals surface area contributed by atoms with Crippen LogP contribution in [-0.2, 0) is 11.3 Å². The number of carbonyl (C=O) groups excluding carboxylic acids is 1. The topological polar surface area (TPSA) is 72.3 Å². The number of nitrogens with zero attached hydrogens (tertiary/aromatic N) is 4. The van der Waals surface area contributed by atoms with Crippen LogP contribution in [0.2, 0.25) is 0 Å². The molecule has 0 unspecified atom stereocenters. The molecule has 2 heterocycles. The molecule has 0 radical (unpaired) electrons. The maximum absolute atomic E-state index is 12.7. The van der Waals surface area contributed by atoms with Gasteiger partial charge in [0.1, 0.15) is 11.1 Å². The van der Waals surface area contributed by atoms with Crippen LogP contribution in [0, 0.1) is 11.3 Å². The number of benzene rings is 2. The van der Waals surface area contributed by atoms with Crippen LogP contribution in [-0.4, -0.2) is 52.9 Å². The first-order chi connectivity index (χ1) is 14.1. The van der Waals surface area contributed by atoms with Crippen molar-refractivity contribution in [2.24, 2.45) is 0 Å². The van der Waals surface area contributed by atoms with Crippen molar-refractivity contribution in [3.8, 4) is 6.07 Å². The molecule has 1 aromatic heterocycles. The van der Waals surface area contributed by atoms with Gasteiger partial charge in [0.25, 0.3) is 0 Å². The number of piperazine rings is 1. The minimum Gasteiger partial charge on any atom is -0.324 e. The number of nitrogens with one attached hydrogen (secondary N) is 1. The summed E-state index contributed by atoms with van der Waals surface area (Å²) in [7, 11) is 0. The summed E-state index contributed by atoms with van der Waals surface area (Å²) in [5, 5.41) is 13.2. The molecule has 29 heavy (non-hydrogen) atoms. The van der Waals surface area contributed by atoms with E-state index in [-0.39, 0.29) is 11.9 Å². The van der Waals surface area contributed by atoms with E-state index >= 15 is 0 Å². The summed E-state index contributed by atoms with van der Waals surface area (Å²) in [6.45, 7) is 6.25. The van der Waals surface area contributed by atoms with Gasteiger partial charge in [-0.1, -0.05) is 24.3 Å². The van der Waals surface area contributed by atoms with Crippen LogP contribution < -0.4 is 5.32 Å². The quantitative estimate of drug-likeness (QED) is 0.705. The highest BCUT2D eigenvalue weighted by molar-refractivity contribution is 7.18. The molecular formula is C22H23N5OS. The second-order valence-corrected chi connectivity index (χ2v) is 8.33. The molecule has 1 saturated heterocycles. The number of aromatic nitrogens is 1. The molecule has 2 aromatic carbocycles. The normalized spacial score (nSPS) is 16.4. The summed E-state index contributed by atoms with van der Waals surface area (Å²) in [5.74, 6) is -0.0766. The third-order valence-electron chi connectivity index (χ3n) is 5.34. The van der Waals surface area contributed by atoms with Crippen LogP contribution >= 0.6 is 11.3 Å². The van der Waals surface area contributed by atoms with E-state index in [0.717, 1.165) is 43.2 Å². The van der Waals surface area contributed by atoms with Crippen molar-refractivity contribution >= 4 is 33.1 Å². The fourth-order valence-electron chi connectivity index (χ4n) is 3.58. The Hall–Kier alpha value is -2.79. The van der Waals surface area contributed by atoms with Crippen molar-refractivity contribution in [2.45, 2.75) is 19.5 Å². The van der Waals surface area contributed by atoms with Gasteiger partial charge < -0.3 is 5.32 Å². The van der Waals surface area contributed by atoms with Crippen LogP contribution in [0.1, 0.15) is 17.5 Å². The molecule has 7 heteroatoms. The van der Waals surface area contributed by atoms with Crippen LogP contribution in [0.15, 0.2) is 48.5 Å². The highest BCUT2D eigenvalue weighted by atomic mass is 32.1. The van der Waals surface area contributed by atoms with Crippen molar-refractivity contribution in [2.75, 3.05) is 31.5 Å². The molecule has 1 fully saturated rings. The Bertz CT molecular complexity index is 1020. The maximum Gasteiger partial charge on any atom is 0.241 e. The molecule has 0 spiro atoms. The van der Waals surface area contributed by atoms with E-state index in [1.165, 1.54) is 4.70 Å². The summed E-state index contributed by atoms with van der Waals surface area (Å²) in [5.41, 5.74) is 2.11. The minimum absolute atomic E-state index is 0.0766. The number of hydrogen-bond acceptors (Lipinski definition) is 6. The van der Waals surface area contributed by atoms with Gasteiger partial charge in [-0.3, -0.25) is 14.6 Å². The van der Waals surface area contributed by atoms with Crippen molar-refractivity contribution in [1.82, 2.24) is 14.8 Å². The number of anilines is 1. The first-order valence-electron chi connectivity index (χ1n) is 9.75. The zero-order chi connectivity index (χ0) is 20.2. The minimum atomic E-state index is -0.244. The lowest BCUT2D eigenvalue weighted by molar-refractivity contribution is -0.121. The maximum atomic E-state index is 12.7. The lowest BCUT2D eigenvalue weighted by Gasteiger charge is -2.37. The summed E-state index contributed by atoms with van der Waals surface area (Å²) >= 11 is 1.75. The Morgan fingerprint density at radius 2 is 1.90 bits per heavy atom. The van der Waals surface area contributed by atoms with Crippen LogP contribution in [0.25, 0.3) is 10.2 Å². The Kier molecular flexibility index (Phi) is 5.86. The second kappa shape index (κ2) is 8.70. The lowest BCUT2D eigenvalue weighted by Crippen LogP contribution is -2.52. The molecular weight excluding hydrogens is 382 g/mol. The molecule has 0 aliphatic carbocycles. The van der Waals surface area contributed by atoms with Gasteiger partial charge in [0, 0.05) is 26.2 Å². The Labute approximate surface area is 174 Å². The van der Waals surface area contributed by atoms with Crippen molar-refractivity contribution in [1.29, 1.82) is 5.26 Å². The third kappa shape index (κ3) is 4.46. The number of nitriles is 1. The Balaban J connectivity index is 1.31. The number of para-hydroxylation sites is 2. The summed E-state index contributed by atoms with van der Waals surface area (Å²) in [4.78, 5) is 22.0. The SMILES string of the molecule is C[C@@H](C(=O)Nc1ccccc1C#N)N1CCN(Cc2nc3ccccc3s2)CC1. The van der Waals surface area contributed by atoms with E-state index in [9.17, 15) is 10.1 Å². The molecule has 1 N–H and O–H groups in total. The van der Waals surface area contributed by atoms with Gasteiger partial charge in [-0.15, -0.1) is 11.3 Å². The molecule has 1 aliphatic rings. The highest BCUT2D eigenvalue weighted by Crippen LogP contribution is 2.23. The zero-order valence-corrected chi connectivity index (χ0v) is 17.2. The van der Waals surface area contributed by atoms with Gasteiger partial charge in [-0.2, -0.15) is 5.26 Å². The van der Waals surface area contributed by atoms with Gasteiger partial charge in [0.05, 0.1) is 34.1 Å². The van der Waals surface area contributed by atoms with E-state index in [1.807, 2.05) is 25.1 Å². The Morgan fingerprint density at radius 3 is 2.66 bits per heavy atom. The number of rotatable bonds is 5. The first kappa shape index (κ1) is 19.5. The van der Waals surface area contributed by atoms with Crippen LogP contribution in [0.3, 0.4) is 0 Å². The predicted octanol–water partition coefficient (Wildman–Crippen LogP) is 3.31. The number of hydrogen-bond donors (Lipinski definition) is 1. The summed E-state index contributed by atoms with van der Waals surface area (Å²) in [6.07, 6.45) is 0. The van der Waals surface area contributed by atoms with Crippen molar-refractivity contribution in [3.05, 3.63) is 59.1 Å². The van der Waals surface area contributed by atoms with E-state index in [0.29, 0.717) is 11.3 Å². The number of amides is 1. The molecule has 3 aromatic rings. The van der Waals surface area contributed by atoms with E-state index < -0.39 is 0 Å². The number of fused-ring (bicyclic) bond motifs is 1. The summed E-state index contributed by atoms with van der Waals surface area (Å²) in [6, 6.07) is 17.2. The van der Waals surface area contributed by atoms with E-state index in [2.05, 4.69) is 33.3 Å². The van der Waals surface area contributed by atoms with Crippen LogP contribution in [0.4, 0.5) is 5.69 Å². The average Bonchev–Trinajstić information content (AvgIpc) is 3.16. The molecule has 6 nitrogen and oxygen atoms in total. The van der Waals surface area contributed by atoms with Crippen LogP contribution in [0.5, 0.6) is 0 Å². The van der Waals surface area contributed by atoms with Crippen molar-refractivity contribution in [3.63, 3.8) is 0 Å². The molecule has 1 aliphatic heterocycles. The molecule has 0 bridgehead atoms. The first-order valence-corrected chi connectivity index (χ1v) is 10.6. The van der Waals surface area contributed by atoms with Gasteiger partial charge in [-0.25, -0.2) is 4.98 Å². The summed E-state index contributed by atoms with van der Waals surface area (Å²) < 4.78 is 1.23. The largest absolute Gasteiger partial charge is 0.324 e. The molecule has 148 valence electrons. The second-order valence-electron chi connectivity index (χ2n) is 7.21. The molecule has 1 atom stereocenters. The monoisotopic (exact) mass is 405 g/mol. The fraction of sp³-hybridized carbons (Fsp3) is 0.318. The van der Waals surface area contributed by atoms with E-state index in [4.69, 9.17) is 4.98 Å². The lowest BCUT2D eigenvalue weighted by atomic mass is 10.1. The number of thiazole rings is 1. The van der Waals surface area contributed by atoms with Gasteiger partial charge in [-0.05, 0) is 31.2 Å². The van der Waals surface area contributed by atoms with Gasteiger partial charge >= 0.3 is 0 Å².